The average molecular weight is 286 g/mol. The second-order valence-electron chi connectivity index (χ2n) is 5.89. The van der Waals surface area contributed by atoms with E-state index < -0.39 is 6.16 Å². The highest BCUT2D eigenvalue weighted by atomic mass is 16.6. The molecule has 0 atom stereocenters. The van der Waals surface area contributed by atoms with Gasteiger partial charge in [-0.2, -0.15) is 0 Å². The van der Waals surface area contributed by atoms with Crippen LogP contribution in [0.1, 0.15) is 37.5 Å². The third kappa shape index (κ3) is 6.61. The van der Waals surface area contributed by atoms with Crippen molar-refractivity contribution in [1.29, 1.82) is 0 Å². The lowest BCUT2D eigenvalue weighted by Gasteiger charge is -2.19. The number of benzene rings is 2. The molecular formula is C18H22O3. The number of carboxylic acid groups (broad SMARTS) is 2. The molecule has 112 valence electrons. The summed E-state index contributed by atoms with van der Waals surface area (Å²) >= 11 is 0. The van der Waals surface area contributed by atoms with Crippen LogP contribution in [0.25, 0.3) is 0 Å². The summed E-state index contributed by atoms with van der Waals surface area (Å²) in [4.78, 5) is 8.56. The minimum atomic E-state index is -1.83. The molecule has 2 rings (SSSR count). The molecule has 2 aromatic rings. The summed E-state index contributed by atoms with van der Waals surface area (Å²) in [6.45, 7) is 6.75. The average Bonchev–Trinajstić information content (AvgIpc) is 2.39. The molecule has 21 heavy (non-hydrogen) atoms. The summed E-state index contributed by atoms with van der Waals surface area (Å²) in [6.07, 6.45) is -0.814. The number of rotatable bonds is 2. The number of hydrogen-bond donors (Lipinski definition) is 2. The van der Waals surface area contributed by atoms with Gasteiger partial charge in [-0.05, 0) is 28.5 Å². The first kappa shape index (κ1) is 16.8. The van der Waals surface area contributed by atoms with Gasteiger partial charge in [-0.15, -0.1) is 0 Å². The van der Waals surface area contributed by atoms with Gasteiger partial charge in [0.15, 0.2) is 0 Å². The maximum atomic E-state index is 8.56. The minimum Gasteiger partial charge on any atom is -0.450 e. The highest BCUT2D eigenvalue weighted by Crippen LogP contribution is 2.22. The summed E-state index contributed by atoms with van der Waals surface area (Å²) in [6, 6.07) is 19.6. The van der Waals surface area contributed by atoms with Crippen LogP contribution in [0.15, 0.2) is 54.6 Å². The molecule has 0 saturated heterocycles. The lowest BCUT2D eigenvalue weighted by Crippen LogP contribution is -2.10. The van der Waals surface area contributed by atoms with E-state index in [0.29, 0.717) is 0 Å². The number of hydrogen-bond acceptors (Lipinski definition) is 1. The number of carbonyl (C=O) groups is 1. The smallest absolute Gasteiger partial charge is 0.450 e. The molecular weight excluding hydrogens is 264 g/mol. The first-order valence-electron chi connectivity index (χ1n) is 6.84. The molecule has 0 bridgehead atoms. The van der Waals surface area contributed by atoms with Crippen LogP contribution in [0.3, 0.4) is 0 Å². The summed E-state index contributed by atoms with van der Waals surface area (Å²) in [5.41, 5.74) is 4.39. The van der Waals surface area contributed by atoms with Crippen LogP contribution in [0.2, 0.25) is 0 Å². The van der Waals surface area contributed by atoms with Crippen LogP contribution in [0.4, 0.5) is 4.79 Å². The monoisotopic (exact) mass is 286 g/mol. The van der Waals surface area contributed by atoms with Gasteiger partial charge in [0.05, 0.1) is 0 Å². The SMILES string of the molecule is CC(C)(C)c1ccc(Cc2ccccc2)cc1.O=C(O)O. The molecule has 0 saturated carbocycles. The van der Waals surface area contributed by atoms with Crippen molar-refractivity contribution in [2.24, 2.45) is 0 Å². The molecule has 0 aliphatic carbocycles. The Kier molecular flexibility index (Phi) is 5.97. The third-order valence-electron chi connectivity index (χ3n) is 3.07. The van der Waals surface area contributed by atoms with Gasteiger partial charge in [-0.1, -0.05) is 75.4 Å². The summed E-state index contributed by atoms with van der Waals surface area (Å²) in [5, 5.41) is 13.9. The van der Waals surface area contributed by atoms with E-state index in [2.05, 4.69) is 75.4 Å². The van der Waals surface area contributed by atoms with Gasteiger partial charge < -0.3 is 10.2 Å². The Labute approximate surface area is 125 Å². The van der Waals surface area contributed by atoms with Gasteiger partial charge >= 0.3 is 6.16 Å². The molecule has 0 unspecified atom stereocenters. The zero-order valence-corrected chi connectivity index (χ0v) is 12.7. The van der Waals surface area contributed by atoms with Gasteiger partial charge in [0.2, 0.25) is 0 Å². The van der Waals surface area contributed by atoms with E-state index in [0.717, 1.165) is 6.42 Å². The van der Waals surface area contributed by atoms with Gasteiger partial charge in [-0.25, -0.2) is 4.79 Å². The largest absolute Gasteiger partial charge is 0.503 e. The van der Waals surface area contributed by atoms with Crippen molar-refractivity contribution >= 4 is 6.16 Å². The van der Waals surface area contributed by atoms with Crippen LogP contribution >= 0.6 is 0 Å². The Morgan fingerprint density at radius 1 is 0.857 bits per heavy atom. The van der Waals surface area contributed by atoms with Crippen LogP contribution < -0.4 is 0 Å². The zero-order chi connectivity index (χ0) is 15.9. The van der Waals surface area contributed by atoms with Crippen molar-refractivity contribution in [2.75, 3.05) is 0 Å². The molecule has 0 aliphatic heterocycles. The highest BCUT2D eigenvalue weighted by Gasteiger charge is 2.12. The molecule has 0 heterocycles. The Morgan fingerprint density at radius 2 is 1.29 bits per heavy atom. The molecule has 2 N–H and O–H groups in total. The Bertz CT molecular complexity index is 547. The molecule has 0 aliphatic rings. The lowest BCUT2D eigenvalue weighted by atomic mass is 9.86. The molecule has 0 radical (unpaired) electrons. The van der Waals surface area contributed by atoms with Crippen LogP contribution in [-0.2, 0) is 11.8 Å². The summed E-state index contributed by atoms with van der Waals surface area (Å²) < 4.78 is 0. The quantitative estimate of drug-likeness (QED) is 0.834. The van der Waals surface area contributed by atoms with E-state index >= 15 is 0 Å². The molecule has 0 fully saturated rings. The van der Waals surface area contributed by atoms with Crippen LogP contribution in [0, 0.1) is 0 Å². The van der Waals surface area contributed by atoms with Crippen molar-refractivity contribution in [3.05, 3.63) is 71.3 Å². The van der Waals surface area contributed by atoms with Crippen LogP contribution in [-0.4, -0.2) is 16.4 Å². The molecule has 3 heteroatoms. The molecule has 3 nitrogen and oxygen atoms in total. The first-order chi connectivity index (χ1) is 9.79. The second kappa shape index (κ2) is 7.48. The maximum absolute atomic E-state index is 8.56. The van der Waals surface area contributed by atoms with Gasteiger partial charge in [0, 0.05) is 0 Å². The fourth-order valence-electron chi connectivity index (χ4n) is 1.95. The molecule has 0 spiro atoms. The fourth-order valence-corrected chi connectivity index (χ4v) is 1.95. The normalized spacial score (nSPS) is 10.4. The van der Waals surface area contributed by atoms with E-state index in [9.17, 15) is 0 Å². The standard InChI is InChI=1S/C17H20.CH2O3/c1-17(2,3)16-11-9-15(10-12-16)13-14-7-5-4-6-8-14;2-1(3)4/h4-12H,13H2,1-3H3;(H2,2,3,4). The topological polar surface area (TPSA) is 57.5 Å². The van der Waals surface area contributed by atoms with Crippen molar-refractivity contribution in [3.63, 3.8) is 0 Å². The highest BCUT2D eigenvalue weighted by molar-refractivity contribution is 5.53. The summed E-state index contributed by atoms with van der Waals surface area (Å²) in [5.74, 6) is 0. The van der Waals surface area contributed by atoms with Crippen molar-refractivity contribution in [2.45, 2.75) is 32.6 Å². The van der Waals surface area contributed by atoms with E-state index in [4.69, 9.17) is 15.0 Å². The third-order valence-corrected chi connectivity index (χ3v) is 3.07. The molecule has 0 amide bonds. The minimum absolute atomic E-state index is 0.241. The van der Waals surface area contributed by atoms with Crippen LogP contribution in [0.5, 0.6) is 0 Å². The lowest BCUT2D eigenvalue weighted by molar-refractivity contribution is 0.137. The Morgan fingerprint density at radius 3 is 1.71 bits per heavy atom. The van der Waals surface area contributed by atoms with E-state index in [-0.39, 0.29) is 5.41 Å². The van der Waals surface area contributed by atoms with E-state index in [1.807, 2.05) is 0 Å². The second-order valence-corrected chi connectivity index (χ2v) is 5.89. The predicted molar refractivity (Wildman–Crippen MR) is 85.0 cm³/mol. The summed E-state index contributed by atoms with van der Waals surface area (Å²) in [7, 11) is 0. The zero-order valence-electron chi connectivity index (χ0n) is 12.7. The van der Waals surface area contributed by atoms with E-state index in [1.54, 1.807) is 0 Å². The maximum Gasteiger partial charge on any atom is 0.503 e. The van der Waals surface area contributed by atoms with E-state index in [1.165, 1.54) is 16.7 Å². The molecule has 0 aromatic heterocycles. The van der Waals surface area contributed by atoms with Crippen molar-refractivity contribution < 1.29 is 15.0 Å². The van der Waals surface area contributed by atoms with Crippen molar-refractivity contribution in [1.82, 2.24) is 0 Å². The van der Waals surface area contributed by atoms with Crippen molar-refractivity contribution in [3.8, 4) is 0 Å². The Hall–Kier alpha value is -2.29. The predicted octanol–water partition coefficient (Wildman–Crippen LogP) is 4.80. The van der Waals surface area contributed by atoms with Gasteiger partial charge in [-0.3, -0.25) is 0 Å². The Balaban J connectivity index is 0.000000491. The molecule has 2 aromatic carbocycles. The van der Waals surface area contributed by atoms with Gasteiger partial charge in [0.1, 0.15) is 0 Å². The fraction of sp³-hybridized carbons (Fsp3) is 0.278. The van der Waals surface area contributed by atoms with Gasteiger partial charge in [0.25, 0.3) is 0 Å². The first-order valence-corrected chi connectivity index (χ1v) is 6.84.